The Kier molecular flexibility index (Phi) is 29.2. The van der Waals surface area contributed by atoms with Gasteiger partial charge in [-0.25, -0.2) is 0 Å². The minimum atomic E-state index is -5.39. The Hall–Kier alpha value is 2.74. The Balaban J connectivity index is -0.0000000267. The summed E-state index contributed by atoms with van der Waals surface area (Å²) >= 11 is 0. The summed E-state index contributed by atoms with van der Waals surface area (Å²) in [5.41, 5.74) is 0. The van der Waals surface area contributed by atoms with Gasteiger partial charge in [-0.15, -0.1) is 0 Å². The Labute approximate surface area is 130 Å². The molecule has 72 valence electrons. The second-order valence-electron chi connectivity index (χ2n) is 0.894. The van der Waals surface area contributed by atoms with Crippen LogP contribution in [0, 0.1) is 0 Å². The van der Waals surface area contributed by atoms with Gasteiger partial charge in [0.1, 0.15) is 0 Å². The summed E-state index contributed by atoms with van der Waals surface area (Å²) in [6, 6.07) is 0. The van der Waals surface area contributed by atoms with Crippen molar-refractivity contribution in [2.75, 3.05) is 0 Å². The first-order valence-electron chi connectivity index (χ1n) is 1.46. The van der Waals surface area contributed by atoms with Crippen molar-refractivity contribution >= 4 is 76.4 Å². The molecule has 13 heavy (non-hydrogen) atoms. The van der Waals surface area contributed by atoms with Crippen LogP contribution in [0.25, 0.3) is 0 Å². The Bertz CT molecular complexity index is 134. The van der Waals surface area contributed by atoms with Gasteiger partial charge in [-0.2, -0.15) is 15.6 Å². The van der Waals surface area contributed by atoms with E-state index in [1.54, 1.807) is 0 Å². The molecule has 0 unspecified atom stereocenters. The number of hydrogen-bond donors (Lipinski definition) is 0. The van der Waals surface area contributed by atoms with E-state index in [9.17, 15) is 0 Å². The van der Waals surface area contributed by atoms with E-state index >= 15 is 0 Å². The van der Waals surface area contributed by atoms with Crippen molar-refractivity contribution in [3.05, 3.63) is 0 Å². The molecule has 0 spiro atoms. The fraction of sp³-hybridized carbons (Fsp3) is 0. The van der Waals surface area contributed by atoms with E-state index in [0.717, 1.165) is 0 Å². The third-order valence-corrected chi connectivity index (χ3v) is 0. The molecule has 0 rings (SSSR count). The molecule has 0 aromatic heterocycles. The topological polar surface area (TPSA) is 172 Å². The van der Waals surface area contributed by atoms with Crippen molar-refractivity contribution in [1.29, 1.82) is 0 Å². The van der Waals surface area contributed by atoms with Gasteiger partial charge in [-0.3, -0.25) is 0 Å². The third-order valence-electron chi connectivity index (χ3n) is 0. The van der Waals surface area contributed by atoms with Crippen LogP contribution in [0.15, 0.2) is 0 Å². The molecule has 0 aliphatic heterocycles. The summed E-state index contributed by atoms with van der Waals surface area (Å²) in [7, 11) is -10.8. The Morgan fingerprint density at radius 2 is 0.692 bits per heavy atom. The molecule has 13 heteroatoms. The summed E-state index contributed by atoms with van der Waals surface area (Å²) in [5, 5.41) is 0. The van der Waals surface area contributed by atoms with Crippen molar-refractivity contribution in [2.24, 2.45) is 0 Å². The smallest absolute Gasteiger partial charge is 0.822 e. The fourth-order valence-corrected chi connectivity index (χ4v) is 0. The summed E-state index contributed by atoms with van der Waals surface area (Å²) in [4.78, 5) is 51.3. The molecule has 0 aliphatic carbocycles. The van der Waals surface area contributed by atoms with E-state index < -0.39 is 15.6 Å². The number of rotatable bonds is 0. The van der Waals surface area contributed by atoms with E-state index in [1.165, 1.54) is 0 Å². The minimum Gasteiger partial charge on any atom is -0.822 e. The number of phosphoric acid groups is 2. The maximum Gasteiger partial charge on any atom is 2.00 e. The standard InChI is InChI=1S/Ca.Mg.Ni.2H3O4P/c;;;2*1-5(2,3)4/h;;;2*(H3,1,2,3,4)/q3*+2;;/p-6. The first kappa shape index (κ1) is 29.6. The zero-order chi connectivity index (χ0) is 9.00. The maximum atomic E-state index is 8.55. The quantitative estimate of drug-likeness (QED) is 0.313. The fourth-order valence-electron chi connectivity index (χ4n) is 0. The van der Waals surface area contributed by atoms with Crippen molar-refractivity contribution in [3.63, 3.8) is 0 Å². The summed E-state index contributed by atoms with van der Waals surface area (Å²) in [6.45, 7) is 0. The predicted molar refractivity (Wildman–Crippen MR) is 26.7 cm³/mol. The molecular weight excluding hydrogens is 313 g/mol. The third kappa shape index (κ3) is 319. The second kappa shape index (κ2) is 12.8. The van der Waals surface area contributed by atoms with Crippen LogP contribution in [0.4, 0.5) is 0 Å². The van der Waals surface area contributed by atoms with E-state index in [0.29, 0.717) is 0 Å². The van der Waals surface area contributed by atoms with Gasteiger partial charge in [-0.05, 0) is 0 Å². The summed E-state index contributed by atoms with van der Waals surface area (Å²) < 4.78 is 17.1. The average molecular weight is 313 g/mol. The predicted octanol–water partition coefficient (Wildman–Crippen LogP) is -6.41. The molecule has 8 nitrogen and oxygen atoms in total. The normalized spacial score (nSPS) is 9.08. The van der Waals surface area contributed by atoms with Gasteiger partial charge in [0.25, 0.3) is 0 Å². The van der Waals surface area contributed by atoms with Crippen molar-refractivity contribution < 1.29 is 55.0 Å². The van der Waals surface area contributed by atoms with Crippen LogP contribution in [-0.4, -0.2) is 60.8 Å². The van der Waals surface area contributed by atoms with Gasteiger partial charge in [0.15, 0.2) is 0 Å². The van der Waals surface area contributed by atoms with Crippen LogP contribution < -0.4 is 29.4 Å². The van der Waals surface area contributed by atoms with E-state index in [-0.39, 0.29) is 77.3 Å². The van der Waals surface area contributed by atoms with Crippen LogP contribution in [0.2, 0.25) is 0 Å². The van der Waals surface area contributed by atoms with Crippen LogP contribution in [0.5, 0.6) is 0 Å². The molecule has 0 fully saturated rings. The molecule has 0 aromatic rings. The molecule has 0 bridgehead atoms. The molecule has 0 saturated carbocycles. The average Bonchev–Trinajstić information content (AvgIpc) is 1.12. The summed E-state index contributed by atoms with van der Waals surface area (Å²) in [5.74, 6) is 0. The zero-order valence-electron chi connectivity index (χ0n) is 5.89. The Morgan fingerprint density at radius 1 is 0.692 bits per heavy atom. The van der Waals surface area contributed by atoms with Crippen LogP contribution in [-0.2, 0) is 25.6 Å². The van der Waals surface area contributed by atoms with E-state index in [1.807, 2.05) is 0 Å². The molecule has 0 saturated heterocycles. The molecule has 0 N–H and O–H groups in total. The zero-order valence-corrected chi connectivity index (χ0v) is 12.3. The first-order valence-corrected chi connectivity index (χ1v) is 4.38. The van der Waals surface area contributed by atoms with Gasteiger partial charge in [0.05, 0.1) is 0 Å². The molecule has 0 heterocycles. The van der Waals surface area contributed by atoms with E-state index in [4.69, 9.17) is 38.5 Å². The van der Waals surface area contributed by atoms with Crippen molar-refractivity contribution in [2.45, 2.75) is 0 Å². The first-order chi connectivity index (χ1) is 4.00. The van der Waals surface area contributed by atoms with Crippen LogP contribution in [0.3, 0.4) is 0 Å². The van der Waals surface area contributed by atoms with Gasteiger partial charge in [-0.1, -0.05) is 0 Å². The van der Waals surface area contributed by atoms with Crippen molar-refractivity contribution in [1.82, 2.24) is 0 Å². The largest absolute Gasteiger partial charge is 2.00 e. The maximum absolute atomic E-state index is 8.55. The van der Waals surface area contributed by atoms with Gasteiger partial charge >= 0.3 is 77.3 Å². The molecule has 0 aromatic carbocycles. The van der Waals surface area contributed by atoms with Gasteiger partial charge < -0.3 is 38.5 Å². The van der Waals surface area contributed by atoms with Crippen LogP contribution >= 0.6 is 15.6 Å². The van der Waals surface area contributed by atoms with Gasteiger partial charge in [0.2, 0.25) is 0 Å². The molecule has 0 radical (unpaired) electrons. The van der Waals surface area contributed by atoms with Crippen molar-refractivity contribution in [3.8, 4) is 0 Å². The monoisotopic (exact) mass is 312 g/mol. The minimum absolute atomic E-state index is 0. The number of hydrogen-bond acceptors (Lipinski definition) is 8. The van der Waals surface area contributed by atoms with Gasteiger partial charge in [0, 0.05) is 0 Å². The van der Waals surface area contributed by atoms with E-state index in [2.05, 4.69) is 0 Å². The molecular formula is CaMgNiO8P2. The molecule has 0 atom stereocenters. The van der Waals surface area contributed by atoms with Crippen LogP contribution in [0.1, 0.15) is 0 Å². The molecule has 0 amide bonds. The SMILES string of the molecule is O=P([O-])([O-])[O-].O=P([O-])([O-])[O-].[Ca+2].[Mg+2].[Ni+2]. The summed E-state index contributed by atoms with van der Waals surface area (Å²) in [6.07, 6.45) is 0. The Morgan fingerprint density at radius 3 is 0.692 bits per heavy atom. The molecule has 0 aliphatic rings. The second-order valence-corrected chi connectivity index (χ2v) is 2.68.